The minimum atomic E-state index is -1.51. The Kier molecular flexibility index (Phi) is 68.9. The molecule has 0 radical (unpaired) electrons. The Hall–Kier alpha value is -2.20. The summed E-state index contributed by atoms with van der Waals surface area (Å²) in [6, 6.07) is 0. The molecule has 0 aromatic heterocycles. The Morgan fingerprint density at radius 3 is 0.466 bits per heavy atom. The number of aliphatic hydroxyl groups is 2. The van der Waals surface area contributed by atoms with Crippen molar-refractivity contribution in [1.29, 1.82) is 0 Å². The molecule has 0 aromatic carbocycles. The van der Waals surface area contributed by atoms with E-state index in [1.807, 2.05) is 0 Å². The maximum atomic E-state index is 13.9. The first-order valence-corrected chi connectivity index (χ1v) is 39.3. The first-order chi connectivity index (χ1) is 43.3. The normalized spacial score (nSPS) is 12.9. The topological polar surface area (TPSA) is 146 Å². The summed E-state index contributed by atoms with van der Waals surface area (Å²) >= 11 is 0. The molecule has 10 nitrogen and oxygen atoms in total. The van der Waals surface area contributed by atoms with E-state index in [4.69, 9.17) is 18.9 Å². The summed E-state index contributed by atoms with van der Waals surface area (Å²) < 4.78 is 24.2. The third kappa shape index (κ3) is 60.1. The highest BCUT2D eigenvalue weighted by atomic mass is 16.6. The van der Waals surface area contributed by atoms with Gasteiger partial charge in [0, 0.05) is 25.7 Å². The first-order valence-electron chi connectivity index (χ1n) is 39.3. The third-order valence-corrected chi connectivity index (χ3v) is 18.5. The lowest BCUT2D eigenvalue weighted by molar-refractivity contribution is -0.206. The van der Waals surface area contributed by atoms with Crippen molar-refractivity contribution in [2.45, 2.75) is 463 Å². The predicted octanol–water partition coefficient (Wildman–Crippen LogP) is 23.7. The van der Waals surface area contributed by atoms with Gasteiger partial charge in [0.2, 0.25) is 0 Å². The van der Waals surface area contributed by atoms with Gasteiger partial charge in [0.05, 0.1) is 13.2 Å². The summed E-state index contributed by atoms with van der Waals surface area (Å²) in [5.41, 5.74) is 0. The molecular weight excluding hydrogens is 1100 g/mol. The van der Waals surface area contributed by atoms with Crippen molar-refractivity contribution in [3.8, 4) is 0 Å². The van der Waals surface area contributed by atoms with Gasteiger partial charge in [0.1, 0.15) is 0 Å². The fraction of sp³-hybridized carbons (Fsp3) is 0.949. The number of unbranched alkanes of at least 4 members (excludes halogenated alkanes) is 56. The molecule has 0 spiro atoms. The van der Waals surface area contributed by atoms with Crippen molar-refractivity contribution in [1.82, 2.24) is 0 Å². The van der Waals surface area contributed by atoms with E-state index in [1.54, 1.807) is 0 Å². The van der Waals surface area contributed by atoms with E-state index in [0.29, 0.717) is 25.7 Å². The fourth-order valence-corrected chi connectivity index (χ4v) is 12.6. The van der Waals surface area contributed by atoms with Crippen molar-refractivity contribution < 1.29 is 48.3 Å². The number of esters is 4. The van der Waals surface area contributed by atoms with E-state index in [1.165, 1.54) is 283 Å². The Morgan fingerprint density at radius 1 is 0.205 bits per heavy atom. The highest BCUT2D eigenvalue weighted by molar-refractivity contribution is 5.72. The van der Waals surface area contributed by atoms with Crippen molar-refractivity contribution in [3.63, 3.8) is 0 Å². The molecule has 0 aromatic rings. The van der Waals surface area contributed by atoms with Crippen molar-refractivity contribution >= 4 is 23.9 Å². The van der Waals surface area contributed by atoms with E-state index >= 15 is 0 Å². The molecule has 0 aliphatic heterocycles. The second-order valence-electron chi connectivity index (χ2n) is 27.1. The molecule has 522 valence electrons. The van der Waals surface area contributed by atoms with Gasteiger partial charge in [-0.2, -0.15) is 0 Å². The number of carbonyl (C=O) groups is 4. The zero-order valence-corrected chi connectivity index (χ0v) is 59.1. The summed E-state index contributed by atoms with van der Waals surface area (Å²) in [5, 5.41) is 21.9. The number of ether oxygens (including phenoxy) is 4. The number of rotatable bonds is 73. The van der Waals surface area contributed by atoms with Gasteiger partial charge in [0.15, 0.2) is 24.4 Å². The van der Waals surface area contributed by atoms with E-state index in [2.05, 4.69) is 27.7 Å². The summed E-state index contributed by atoms with van der Waals surface area (Å²) in [7, 11) is 0. The lowest BCUT2D eigenvalue weighted by Gasteiger charge is -2.35. The molecule has 0 heterocycles. The van der Waals surface area contributed by atoms with E-state index in [0.717, 1.165) is 77.0 Å². The van der Waals surface area contributed by atoms with Gasteiger partial charge < -0.3 is 29.2 Å². The van der Waals surface area contributed by atoms with Crippen molar-refractivity contribution in [2.75, 3.05) is 13.2 Å². The maximum Gasteiger partial charge on any atom is 0.306 e. The molecule has 2 N–H and O–H groups in total. The lowest BCUT2D eigenvalue weighted by atomic mass is 10.0. The van der Waals surface area contributed by atoms with Crippen LogP contribution < -0.4 is 0 Å². The Bertz CT molecular complexity index is 1350. The van der Waals surface area contributed by atoms with Crippen LogP contribution in [0.1, 0.15) is 439 Å². The molecule has 0 bridgehead atoms. The predicted molar refractivity (Wildman–Crippen MR) is 372 cm³/mol. The van der Waals surface area contributed by atoms with Crippen LogP contribution in [0.2, 0.25) is 0 Å². The highest BCUT2D eigenvalue weighted by Crippen LogP contribution is 2.25. The first kappa shape index (κ1) is 85.8. The van der Waals surface area contributed by atoms with Gasteiger partial charge in [0.25, 0.3) is 0 Å². The summed E-state index contributed by atoms with van der Waals surface area (Å²) in [5.74, 6) is -2.27. The molecule has 0 amide bonds. The zero-order valence-electron chi connectivity index (χ0n) is 59.1. The number of aliphatic hydroxyl groups excluding tert-OH is 2. The van der Waals surface area contributed by atoms with Gasteiger partial charge >= 0.3 is 23.9 Å². The van der Waals surface area contributed by atoms with Crippen LogP contribution in [0.5, 0.6) is 0 Å². The Labute approximate surface area is 546 Å². The molecule has 10 heteroatoms. The summed E-state index contributed by atoms with van der Waals surface area (Å²) in [6.45, 7) is 7.61. The largest absolute Gasteiger partial charge is 0.456 e. The molecule has 0 saturated carbocycles. The molecule has 4 atom stereocenters. The molecule has 0 aliphatic carbocycles. The molecule has 0 aliphatic rings. The Morgan fingerprint density at radius 2 is 0.330 bits per heavy atom. The quantitative estimate of drug-likeness (QED) is 0.0343. The zero-order chi connectivity index (χ0) is 64.1. The molecule has 0 unspecified atom stereocenters. The fourth-order valence-electron chi connectivity index (χ4n) is 12.6. The van der Waals surface area contributed by atoms with Crippen LogP contribution in [0.25, 0.3) is 0 Å². The molecule has 0 rings (SSSR count). The minimum absolute atomic E-state index is 0.0859. The minimum Gasteiger partial charge on any atom is -0.456 e. The van der Waals surface area contributed by atoms with Gasteiger partial charge in [-0.25, -0.2) is 0 Å². The summed E-state index contributed by atoms with van der Waals surface area (Å²) in [6.07, 6.45) is 66.5. The van der Waals surface area contributed by atoms with Gasteiger partial charge in [-0.05, 0) is 25.7 Å². The number of hydrogen-bond acceptors (Lipinski definition) is 10. The van der Waals surface area contributed by atoms with E-state index in [-0.39, 0.29) is 25.7 Å². The maximum absolute atomic E-state index is 13.9. The molecule has 88 heavy (non-hydrogen) atoms. The monoisotopic (exact) mass is 1250 g/mol. The average molecular weight is 1250 g/mol. The average Bonchev–Trinajstić information content (AvgIpc) is 3.72. The summed E-state index contributed by atoms with van der Waals surface area (Å²) in [4.78, 5) is 55.0. The van der Waals surface area contributed by atoms with Crippen LogP contribution in [0.3, 0.4) is 0 Å². The second kappa shape index (κ2) is 70.7. The van der Waals surface area contributed by atoms with Crippen LogP contribution in [-0.4, -0.2) is 71.7 Å². The van der Waals surface area contributed by atoms with Gasteiger partial charge in [-0.1, -0.05) is 387 Å². The van der Waals surface area contributed by atoms with Crippen LogP contribution in [-0.2, 0) is 38.1 Å². The van der Waals surface area contributed by atoms with Gasteiger partial charge in [-0.3, -0.25) is 19.2 Å². The second-order valence-corrected chi connectivity index (χ2v) is 27.1. The highest BCUT2D eigenvalue weighted by Gasteiger charge is 2.44. The smallest absolute Gasteiger partial charge is 0.306 e. The SMILES string of the molecule is CCCCCCCCCCCCCCCCCC(=O)O[C@@H]([C@H](OC(=O)CCCCCCCCCCCCCCCCC)[C@@H](CO)OC(=O)CCCCCCCCCCCCCCCCC)[C@H](CO)OC(=O)CCCCCCCCCCCCCCCCC. The van der Waals surface area contributed by atoms with E-state index in [9.17, 15) is 29.4 Å². The van der Waals surface area contributed by atoms with Crippen LogP contribution in [0, 0.1) is 0 Å². The number of carbonyl (C=O) groups excluding carboxylic acids is 4. The van der Waals surface area contributed by atoms with Crippen LogP contribution in [0.4, 0.5) is 0 Å². The molecule has 0 saturated heterocycles. The lowest BCUT2D eigenvalue weighted by Crippen LogP contribution is -2.54. The van der Waals surface area contributed by atoms with Gasteiger partial charge in [-0.15, -0.1) is 0 Å². The van der Waals surface area contributed by atoms with Crippen LogP contribution in [0.15, 0.2) is 0 Å². The third-order valence-electron chi connectivity index (χ3n) is 18.5. The van der Waals surface area contributed by atoms with Crippen molar-refractivity contribution in [2.24, 2.45) is 0 Å². The molecular formula is C78H150O10. The number of hydrogen-bond donors (Lipinski definition) is 2. The van der Waals surface area contributed by atoms with E-state index < -0.39 is 61.5 Å². The van der Waals surface area contributed by atoms with Crippen LogP contribution >= 0.6 is 0 Å². The Balaban J connectivity index is 5.81. The van der Waals surface area contributed by atoms with Crippen molar-refractivity contribution in [3.05, 3.63) is 0 Å². The molecule has 0 fully saturated rings. The standard InChI is InChI=1S/C78H150O10/c1-5-9-13-17-21-25-29-33-37-41-45-49-53-57-61-65-73(81)85-71(69-79)77(87-75(83)67-63-59-55-51-47-43-39-35-31-27-23-19-15-11-7-3)78(88-76(84)68-64-60-56-52-48-44-40-36-32-28-24-20-16-12-8-4)72(70-80)86-74(82)66-62-58-54-50-46-42-38-34-30-26-22-18-14-10-6-2/h71-72,77-80H,5-70H2,1-4H3/t71-,72+,77-,78-/m1/s1.